The van der Waals surface area contributed by atoms with Crippen LogP contribution in [0.1, 0.15) is 17.3 Å². The highest BCUT2D eigenvalue weighted by molar-refractivity contribution is 6.30. The second-order valence-electron chi connectivity index (χ2n) is 7.23. The van der Waals surface area contributed by atoms with Gasteiger partial charge in [-0.1, -0.05) is 11.6 Å². The van der Waals surface area contributed by atoms with Crippen molar-refractivity contribution in [1.29, 1.82) is 0 Å². The monoisotopic (exact) mass is 424 g/mol. The standard InChI is InChI=1S/C21H21ClN6O2/c1-14-12-27(20(30)15-3-5-16(22)6-4-15)9-10-28(14)21-25-18(11-19(29)26(21)2)17-7-8-23-13-24-17/h3-8,11,13-14H,9-10,12H2,1-2H3/t14-/m1/s1. The summed E-state index contributed by atoms with van der Waals surface area (Å²) in [6.45, 7) is 3.63. The van der Waals surface area contributed by atoms with Crippen LogP contribution in [-0.2, 0) is 7.05 Å². The minimum Gasteiger partial charge on any atom is -0.336 e. The van der Waals surface area contributed by atoms with Crippen LogP contribution in [0.25, 0.3) is 11.4 Å². The summed E-state index contributed by atoms with van der Waals surface area (Å²) in [7, 11) is 1.70. The van der Waals surface area contributed by atoms with Crippen LogP contribution in [0.15, 0.2) is 53.7 Å². The summed E-state index contributed by atoms with van der Waals surface area (Å²) in [6, 6.07) is 10.1. The van der Waals surface area contributed by atoms with Crippen molar-refractivity contribution in [1.82, 2.24) is 24.4 Å². The lowest BCUT2D eigenvalue weighted by Gasteiger charge is -2.40. The van der Waals surface area contributed by atoms with Crippen LogP contribution in [0.3, 0.4) is 0 Å². The number of hydrogen-bond donors (Lipinski definition) is 0. The van der Waals surface area contributed by atoms with Gasteiger partial charge < -0.3 is 9.80 Å². The summed E-state index contributed by atoms with van der Waals surface area (Å²) in [5.74, 6) is 0.525. The molecule has 30 heavy (non-hydrogen) atoms. The lowest BCUT2D eigenvalue weighted by atomic mass is 10.1. The molecule has 0 aliphatic carbocycles. The predicted molar refractivity (Wildman–Crippen MR) is 115 cm³/mol. The molecule has 0 radical (unpaired) electrons. The molecule has 1 aromatic carbocycles. The maximum Gasteiger partial charge on any atom is 0.255 e. The molecule has 1 amide bonds. The fourth-order valence-electron chi connectivity index (χ4n) is 3.57. The van der Waals surface area contributed by atoms with Crippen molar-refractivity contribution in [2.75, 3.05) is 24.5 Å². The molecule has 154 valence electrons. The van der Waals surface area contributed by atoms with Crippen LogP contribution in [-0.4, -0.2) is 56.0 Å². The molecule has 3 heterocycles. The van der Waals surface area contributed by atoms with Crippen molar-refractivity contribution in [2.45, 2.75) is 13.0 Å². The quantitative estimate of drug-likeness (QED) is 0.641. The van der Waals surface area contributed by atoms with Crippen LogP contribution in [0.2, 0.25) is 5.02 Å². The van der Waals surface area contributed by atoms with Gasteiger partial charge in [-0.2, -0.15) is 0 Å². The van der Waals surface area contributed by atoms with Gasteiger partial charge >= 0.3 is 0 Å². The molecule has 0 N–H and O–H groups in total. The Labute approximate surface area is 178 Å². The van der Waals surface area contributed by atoms with E-state index >= 15 is 0 Å². The molecule has 0 bridgehead atoms. The molecule has 1 fully saturated rings. The van der Waals surface area contributed by atoms with Gasteiger partial charge in [-0.15, -0.1) is 0 Å². The van der Waals surface area contributed by atoms with Crippen molar-refractivity contribution >= 4 is 23.5 Å². The molecule has 0 spiro atoms. The number of halogens is 1. The van der Waals surface area contributed by atoms with Crippen LogP contribution in [0, 0.1) is 0 Å². The molecule has 4 rings (SSSR count). The topological polar surface area (TPSA) is 84.2 Å². The van der Waals surface area contributed by atoms with Gasteiger partial charge in [0.25, 0.3) is 11.5 Å². The van der Waals surface area contributed by atoms with Gasteiger partial charge in [0.15, 0.2) is 0 Å². The van der Waals surface area contributed by atoms with E-state index < -0.39 is 0 Å². The first-order valence-corrected chi connectivity index (χ1v) is 9.98. The number of carbonyl (C=O) groups excluding carboxylic acids is 1. The first kappa shape index (κ1) is 20.0. The van der Waals surface area contributed by atoms with Gasteiger partial charge in [0.05, 0.1) is 11.4 Å². The number of hydrogen-bond acceptors (Lipinski definition) is 6. The summed E-state index contributed by atoms with van der Waals surface area (Å²) in [4.78, 5) is 42.1. The van der Waals surface area contributed by atoms with Crippen molar-refractivity contribution < 1.29 is 4.79 Å². The molecule has 0 saturated carbocycles. The maximum absolute atomic E-state index is 12.8. The first-order chi connectivity index (χ1) is 14.4. The van der Waals surface area contributed by atoms with Gasteiger partial charge in [-0.3, -0.25) is 14.2 Å². The average Bonchev–Trinajstić information content (AvgIpc) is 2.76. The Hall–Kier alpha value is -3.26. The molecular weight excluding hydrogens is 404 g/mol. The zero-order valence-corrected chi connectivity index (χ0v) is 17.5. The van der Waals surface area contributed by atoms with Crippen molar-refractivity contribution in [3.05, 3.63) is 69.9 Å². The number of carbonyl (C=O) groups is 1. The van der Waals surface area contributed by atoms with E-state index in [0.717, 1.165) is 0 Å². The minimum absolute atomic E-state index is 0.0197. The Balaban J connectivity index is 1.58. The smallest absolute Gasteiger partial charge is 0.255 e. The molecule has 3 aromatic rings. The van der Waals surface area contributed by atoms with Gasteiger partial charge in [-0.25, -0.2) is 15.0 Å². The Kier molecular flexibility index (Phi) is 5.50. The van der Waals surface area contributed by atoms with E-state index in [1.165, 1.54) is 17.0 Å². The lowest BCUT2D eigenvalue weighted by molar-refractivity contribution is 0.0725. The lowest BCUT2D eigenvalue weighted by Crippen LogP contribution is -2.55. The maximum atomic E-state index is 12.8. The van der Waals surface area contributed by atoms with Gasteiger partial charge in [0, 0.05) is 55.6 Å². The highest BCUT2D eigenvalue weighted by Gasteiger charge is 2.29. The third-order valence-corrected chi connectivity index (χ3v) is 5.47. The molecule has 0 unspecified atom stereocenters. The highest BCUT2D eigenvalue weighted by atomic mass is 35.5. The van der Waals surface area contributed by atoms with E-state index in [1.54, 1.807) is 43.6 Å². The summed E-state index contributed by atoms with van der Waals surface area (Å²) in [6.07, 6.45) is 3.04. The van der Waals surface area contributed by atoms with E-state index in [9.17, 15) is 9.59 Å². The van der Waals surface area contributed by atoms with Crippen LogP contribution < -0.4 is 10.5 Å². The normalized spacial score (nSPS) is 16.6. The van der Waals surface area contributed by atoms with Crippen molar-refractivity contribution in [2.24, 2.45) is 7.05 Å². The van der Waals surface area contributed by atoms with E-state index in [2.05, 4.69) is 14.9 Å². The summed E-state index contributed by atoms with van der Waals surface area (Å²) in [5.41, 5.74) is 1.53. The Morgan fingerprint density at radius 3 is 2.57 bits per heavy atom. The molecule has 1 aliphatic rings. The number of benzene rings is 1. The summed E-state index contributed by atoms with van der Waals surface area (Å²) < 4.78 is 1.53. The molecule has 8 nitrogen and oxygen atoms in total. The Morgan fingerprint density at radius 2 is 1.90 bits per heavy atom. The average molecular weight is 425 g/mol. The molecule has 2 aromatic heterocycles. The minimum atomic E-state index is -0.166. The number of anilines is 1. The number of aromatic nitrogens is 4. The van der Waals surface area contributed by atoms with Crippen LogP contribution >= 0.6 is 11.6 Å². The van der Waals surface area contributed by atoms with Gasteiger partial charge in [-0.05, 0) is 37.3 Å². The fourth-order valence-corrected chi connectivity index (χ4v) is 3.70. The van der Waals surface area contributed by atoms with E-state index in [0.29, 0.717) is 47.6 Å². The van der Waals surface area contributed by atoms with Gasteiger partial charge in [0.2, 0.25) is 5.95 Å². The third-order valence-electron chi connectivity index (χ3n) is 5.22. The fraction of sp³-hybridized carbons (Fsp3) is 0.286. The number of piperazine rings is 1. The van der Waals surface area contributed by atoms with E-state index in [1.807, 2.05) is 11.8 Å². The summed E-state index contributed by atoms with van der Waals surface area (Å²) in [5, 5.41) is 0.597. The number of nitrogens with zero attached hydrogens (tertiary/aromatic N) is 6. The number of rotatable bonds is 3. The second-order valence-corrected chi connectivity index (χ2v) is 7.67. The van der Waals surface area contributed by atoms with Gasteiger partial charge in [0.1, 0.15) is 6.33 Å². The van der Waals surface area contributed by atoms with Crippen LogP contribution in [0.5, 0.6) is 0 Å². The molecule has 1 saturated heterocycles. The van der Waals surface area contributed by atoms with Crippen molar-refractivity contribution in [3.8, 4) is 11.4 Å². The zero-order valence-electron chi connectivity index (χ0n) is 16.7. The van der Waals surface area contributed by atoms with E-state index in [-0.39, 0.29) is 17.5 Å². The second kappa shape index (κ2) is 8.23. The SMILES string of the molecule is C[C@@H]1CN(C(=O)c2ccc(Cl)cc2)CCN1c1nc(-c2ccncn2)cc(=O)n1C. The zero-order chi connectivity index (χ0) is 21.3. The predicted octanol–water partition coefficient (Wildman–Crippen LogP) is 2.24. The largest absolute Gasteiger partial charge is 0.336 e. The number of amides is 1. The summed E-state index contributed by atoms with van der Waals surface area (Å²) >= 11 is 5.92. The first-order valence-electron chi connectivity index (χ1n) is 9.60. The Morgan fingerprint density at radius 1 is 1.13 bits per heavy atom. The third kappa shape index (κ3) is 3.91. The van der Waals surface area contributed by atoms with Crippen molar-refractivity contribution in [3.63, 3.8) is 0 Å². The molecule has 1 atom stereocenters. The highest BCUT2D eigenvalue weighted by Crippen LogP contribution is 2.22. The Bertz CT molecular complexity index is 1120. The molecule has 9 heteroatoms. The van der Waals surface area contributed by atoms with Crippen LogP contribution in [0.4, 0.5) is 5.95 Å². The molecular formula is C21H21ClN6O2. The molecule has 1 aliphatic heterocycles. The van der Waals surface area contributed by atoms with E-state index in [4.69, 9.17) is 16.6 Å².